The fourth-order valence-electron chi connectivity index (χ4n) is 1.49. The average molecular weight is 350 g/mol. The minimum Gasteiger partial charge on any atom is -1.00 e. The van der Waals surface area contributed by atoms with Crippen molar-refractivity contribution >= 4 is 11.5 Å². The summed E-state index contributed by atoms with van der Waals surface area (Å²) in [7, 11) is 5.78. The zero-order valence-corrected chi connectivity index (χ0v) is 12.5. The highest BCUT2D eigenvalue weighted by molar-refractivity contribution is 6.00. The maximum Gasteiger partial charge on any atom is 0.197 e. The number of Topliss-reactive ketones (excluding diaryl/α,β-unsaturated/α-hetero) is 1. The minimum atomic E-state index is -0.984. The summed E-state index contributed by atoms with van der Waals surface area (Å²) in [5.74, 6) is -0.277. The van der Waals surface area contributed by atoms with Gasteiger partial charge in [-0.3, -0.25) is 4.79 Å². The lowest BCUT2D eigenvalue weighted by atomic mass is 10.1. The number of halogens is 1. The molecule has 5 heteroatoms. The van der Waals surface area contributed by atoms with Gasteiger partial charge in [0, 0.05) is 11.3 Å². The van der Waals surface area contributed by atoms with Crippen LogP contribution in [0.4, 0.5) is 5.69 Å². The Morgan fingerprint density at radius 2 is 2.00 bits per heavy atom. The van der Waals surface area contributed by atoms with Gasteiger partial charge >= 0.3 is 0 Å². The van der Waals surface area contributed by atoms with E-state index >= 15 is 0 Å². The number of aliphatic hydroxyl groups excluding tert-OH is 1. The number of hydrogen-bond donors (Lipinski definition) is 2. The fourth-order valence-corrected chi connectivity index (χ4v) is 1.49. The Bertz CT molecular complexity index is 388. The highest BCUT2D eigenvalue weighted by Crippen LogP contribution is 2.10. The van der Waals surface area contributed by atoms with E-state index in [1.54, 1.807) is 24.3 Å². The number of hydrogen-bond acceptors (Lipinski definition) is 3. The van der Waals surface area contributed by atoms with Gasteiger partial charge < -0.3 is 39.3 Å². The zero-order valence-electron chi connectivity index (χ0n) is 10.4. The molecule has 1 aromatic rings. The molecule has 17 heavy (non-hydrogen) atoms. The van der Waals surface area contributed by atoms with Crippen LogP contribution in [0.2, 0.25) is 0 Å². The number of ketones is 1. The minimum absolute atomic E-state index is 0. The molecule has 1 rings (SSSR count). The number of benzene rings is 1. The van der Waals surface area contributed by atoms with E-state index in [2.05, 4.69) is 0 Å². The van der Waals surface area contributed by atoms with E-state index in [1.807, 2.05) is 21.1 Å². The van der Waals surface area contributed by atoms with E-state index in [4.69, 9.17) is 5.73 Å². The van der Waals surface area contributed by atoms with Gasteiger partial charge in [-0.25, -0.2) is 0 Å². The molecule has 1 aromatic carbocycles. The molecular weight excluding hydrogens is 331 g/mol. The van der Waals surface area contributed by atoms with Crippen molar-refractivity contribution in [3.63, 3.8) is 0 Å². The lowest BCUT2D eigenvalue weighted by molar-refractivity contribution is -0.872. The van der Waals surface area contributed by atoms with E-state index in [-0.39, 0.29) is 29.8 Å². The van der Waals surface area contributed by atoms with Crippen molar-refractivity contribution in [2.24, 2.45) is 0 Å². The van der Waals surface area contributed by atoms with E-state index in [0.717, 1.165) is 0 Å². The van der Waals surface area contributed by atoms with Gasteiger partial charge in [0.15, 0.2) is 11.9 Å². The van der Waals surface area contributed by atoms with Crippen LogP contribution in [0, 0.1) is 0 Å². The molecule has 0 spiro atoms. The maximum atomic E-state index is 11.9. The van der Waals surface area contributed by atoms with Crippen LogP contribution < -0.4 is 29.7 Å². The van der Waals surface area contributed by atoms with Crippen molar-refractivity contribution in [2.45, 2.75) is 6.10 Å². The summed E-state index contributed by atoms with van der Waals surface area (Å²) < 4.78 is 0.537. The molecule has 0 radical (unpaired) electrons. The lowest BCUT2D eigenvalue weighted by Gasteiger charge is -2.26. The fraction of sp³-hybridized carbons (Fsp3) is 0.417. The maximum absolute atomic E-state index is 11.9. The van der Waals surface area contributed by atoms with Gasteiger partial charge in [-0.1, -0.05) is 12.1 Å². The molecular formula is C12H19IN2O2. The Balaban J connectivity index is 0.00000256. The van der Waals surface area contributed by atoms with Crippen LogP contribution in [0.15, 0.2) is 24.3 Å². The first-order chi connectivity index (χ1) is 7.29. The molecule has 1 unspecified atom stereocenters. The number of carbonyl (C=O) groups is 1. The monoisotopic (exact) mass is 350 g/mol. The quantitative estimate of drug-likeness (QED) is 0.274. The third-order valence-corrected chi connectivity index (χ3v) is 2.19. The molecule has 0 fully saturated rings. The highest BCUT2D eigenvalue weighted by Gasteiger charge is 2.23. The zero-order chi connectivity index (χ0) is 12.3. The molecule has 1 atom stereocenters. The number of rotatable bonds is 4. The molecule has 0 heterocycles. The smallest absolute Gasteiger partial charge is 0.197 e. The van der Waals surface area contributed by atoms with Crippen molar-refractivity contribution in [1.82, 2.24) is 0 Å². The largest absolute Gasteiger partial charge is 1.00 e. The Morgan fingerprint density at radius 1 is 1.41 bits per heavy atom. The van der Waals surface area contributed by atoms with Gasteiger partial charge in [-0.15, -0.1) is 0 Å². The van der Waals surface area contributed by atoms with Crippen LogP contribution in [0.5, 0.6) is 0 Å². The van der Waals surface area contributed by atoms with Crippen molar-refractivity contribution in [3.05, 3.63) is 29.8 Å². The number of quaternary nitrogens is 1. The second-order valence-corrected chi connectivity index (χ2v) is 4.98. The summed E-state index contributed by atoms with van der Waals surface area (Å²) in [5.41, 5.74) is 6.58. The Labute approximate surface area is 119 Å². The Morgan fingerprint density at radius 3 is 2.47 bits per heavy atom. The van der Waals surface area contributed by atoms with Crippen LogP contribution in [0.1, 0.15) is 10.4 Å². The Hall–Kier alpha value is -0.660. The SMILES string of the molecule is C[N+](C)(C)CC(O)C(=O)c1cccc(N)c1.[I-]. The topological polar surface area (TPSA) is 63.3 Å². The van der Waals surface area contributed by atoms with Gasteiger partial charge in [-0.2, -0.15) is 0 Å². The normalized spacial score (nSPS) is 12.7. The number of aliphatic hydroxyl groups is 1. The summed E-state index contributed by atoms with van der Waals surface area (Å²) in [6.07, 6.45) is -0.984. The van der Waals surface area contributed by atoms with Crippen LogP contribution in [-0.2, 0) is 0 Å². The molecule has 0 saturated carbocycles. The third kappa shape index (κ3) is 5.47. The average Bonchev–Trinajstić information content (AvgIpc) is 2.14. The second kappa shape index (κ2) is 6.32. The molecule has 4 nitrogen and oxygen atoms in total. The first-order valence-electron chi connectivity index (χ1n) is 5.18. The number of nitrogens with zero attached hydrogens (tertiary/aromatic N) is 1. The molecule has 0 amide bonds. The number of nitrogen functional groups attached to an aromatic ring is 1. The van der Waals surface area contributed by atoms with Crippen molar-refractivity contribution in [1.29, 1.82) is 0 Å². The van der Waals surface area contributed by atoms with Crippen molar-refractivity contribution in [3.8, 4) is 0 Å². The number of nitrogens with two attached hydrogens (primary N) is 1. The van der Waals surface area contributed by atoms with Gasteiger partial charge in [0.25, 0.3) is 0 Å². The van der Waals surface area contributed by atoms with Gasteiger partial charge in [0.1, 0.15) is 6.54 Å². The van der Waals surface area contributed by atoms with Gasteiger partial charge in [-0.05, 0) is 12.1 Å². The molecule has 3 N–H and O–H groups in total. The standard InChI is InChI=1S/C12H19N2O2.HI/c1-14(2,3)8-11(15)12(16)9-5-4-6-10(13)7-9;/h4-7,11,15H,8,13H2,1-3H3;1H/q+1;/p-1. The van der Waals surface area contributed by atoms with Crippen LogP contribution in [-0.4, -0.2) is 49.2 Å². The predicted octanol–water partition coefficient (Wildman–Crippen LogP) is -2.48. The van der Waals surface area contributed by atoms with E-state index in [0.29, 0.717) is 22.3 Å². The molecule has 96 valence electrons. The van der Waals surface area contributed by atoms with Crippen molar-refractivity contribution in [2.75, 3.05) is 33.4 Å². The van der Waals surface area contributed by atoms with E-state index in [1.165, 1.54) is 0 Å². The molecule has 0 aliphatic carbocycles. The summed E-state index contributed by atoms with van der Waals surface area (Å²) in [6, 6.07) is 6.67. The first kappa shape index (κ1) is 16.3. The second-order valence-electron chi connectivity index (χ2n) is 4.98. The van der Waals surface area contributed by atoms with Gasteiger partial charge in [0.2, 0.25) is 0 Å². The summed E-state index contributed by atoms with van der Waals surface area (Å²) in [5, 5.41) is 9.79. The number of anilines is 1. The van der Waals surface area contributed by atoms with Crippen molar-refractivity contribution < 1.29 is 38.4 Å². The molecule has 0 bridgehead atoms. The van der Waals surface area contributed by atoms with Crippen LogP contribution in [0.25, 0.3) is 0 Å². The molecule has 0 aliphatic heterocycles. The summed E-state index contributed by atoms with van der Waals surface area (Å²) in [6.45, 7) is 0.383. The van der Waals surface area contributed by atoms with E-state index in [9.17, 15) is 9.90 Å². The number of likely N-dealkylation sites (N-methyl/N-ethyl adjacent to an activating group) is 1. The van der Waals surface area contributed by atoms with E-state index < -0.39 is 6.10 Å². The molecule has 0 saturated heterocycles. The third-order valence-electron chi connectivity index (χ3n) is 2.19. The lowest BCUT2D eigenvalue weighted by Crippen LogP contribution is -3.00. The van der Waals surface area contributed by atoms with Gasteiger partial charge in [0.05, 0.1) is 21.1 Å². The first-order valence-corrected chi connectivity index (χ1v) is 5.18. The van der Waals surface area contributed by atoms with Crippen LogP contribution in [0.3, 0.4) is 0 Å². The molecule has 0 aromatic heterocycles. The number of carbonyl (C=O) groups excluding carboxylic acids is 1. The summed E-state index contributed by atoms with van der Waals surface area (Å²) >= 11 is 0. The Kier molecular flexibility index (Phi) is 6.08. The van der Waals surface area contributed by atoms with Crippen LogP contribution >= 0.6 is 0 Å². The highest BCUT2D eigenvalue weighted by atomic mass is 127. The predicted molar refractivity (Wildman–Crippen MR) is 64.1 cm³/mol. The summed E-state index contributed by atoms with van der Waals surface area (Å²) in [4.78, 5) is 11.9. The molecule has 0 aliphatic rings.